The first kappa shape index (κ1) is 17.2. The monoisotopic (exact) mass is 302 g/mol. The first-order valence-electron chi connectivity index (χ1n) is 7.19. The predicted octanol–water partition coefficient (Wildman–Crippen LogP) is 2.21. The van der Waals surface area contributed by atoms with Gasteiger partial charge in [0.25, 0.3) is 0 Å². The maximum atomic E-state index is 12.2. The minimum atomic E-state index is -3.20. The molecule has 0 unspecified atom stereocenters. The lowest BCUT2D eigenvalue weighted by atomic mass is 10.3. The minimum absolute atomic E-state index is 0.196. The summed E-state index contributed by atoms with van der Waals surface area (Å²) in [7, 11) is -3.20. The Bertz CT molecular complexity index is 455. The van der Waals surface area contributed by atoms with Gasteiger partial charge in [0.1, 0.15) is 5.76 Å². The number of furan rings is 1. The minimum Gasteiger partial charge on any atom is -0.468 e. The van der Waals surface area contributed by atoms with E-state index >= 15 is 0 Å². The molecule has 20 heavy (non-hydrogen) atoms. The van der Waals surface area contributed by atoms with Crippen LogP contribution in [0.15, 0.2) is 22.8 Å². The largest absolute Gasteiger partial charge is 0.468 e. The van der Waals surface area contributed by atoms with Crippen LogP contribution in [-0.4, -0.2) is 37.6 Å². The van der Waals surface area contributed by atoms with Crippen LogP contribution in [0.2, 0.25) is 0 Å². The van der Waals surface area contributed by atoms with Gasteiger partial charge in [-0.3, -0.25) is 0 Å². The first-order valence-corrected chi connectivity index (χ1v) is 8.80. The molecular weight excluding hydrogens is 276 g/mol. The molecule has 0 aromatic carbocycles. The molecule has 0 aliphatic carbocycles. The van der Waals surface area contributed by atoms with E-state index < -0.39 is 10.0 Å². The van der Waals surface area contributed by atoms with Crippen LogP contribution in [0.5, 0.6) is 0 Å². The molecule has 1 rings (SSSR count). The van der Waals surface area contributed by atoms with Crippen LogP contribution in [0.3, 0.4) is 0 Å². The molecule has 0 atom stereocenters. The van der Waals surface area contributed by atoms with Crippen molar-refractivity contribution >= 4 is 10.0 Å². The molecule has 5 nitrogen and oxygen atoms in total. The van der Waals surface area contributed by atoms with Crippen LogP contribution in [0.1, 0.15) is 39.4 Å². The number of nitrogens with zero attached hydrogens (tertiary/aromatic N) is 1. The van der Waals surface area contributed by atoms with Crippen LogP contribution < -0.4 is 5.32 Å². The van der Waals surface area contributed by atoms with Gasteiger partial charge < -0.3 is 9.73 Å². The highest BCUT2D eigenvalue weighted by molar-refractivity contribution is 7.89. The van der Waals surface area contributed by atoms with Crippen molar-refractivity contribution in [1.29, 1.82) is 0 Å². The molecule has 1 N–H and O–H groups in total. The van der Waals surface area contributed by atoms with E-state index in [4.69, 9.17) is 4.42 Å². The Hall–Kier alpha value is -0.850. The third-order valence-corrected chi connectivity index (χ3v) is 5.02. The Labute approximate surface area is 122 Å². The van der Waals surface area contributed by atoms with E-state index in [9.17, 15) is 8.42 Å². The van der Waals surface area contributed by atoms with Gasteiger partial charge in [-0.25, -0.2) is 8.42 Å². The molecule has 0 fully saturated rings. The lowest BCUT2D eigenvalue weighted by molar-refractivity contribution is 0.374. The molecule has 1 aromatic rings. The van der Waals surface area contributed by atoms with Crippen molar-refractivity contribution in [1.82, 2.24) is 9.62 Å². The van der Waals surface area contributed by atoms with Crippen molar-refractivity contribution in [2.45, 2.75) is 46.2 Å². The van der Waals surface area contributed by atoms with E-state index in [-0.39, 0.29) is 5.75 Å². The topological polar surface area (TPSA) is 62.6 Å². The molecule has 0 aliphatic heterocycles. The molecule has 0 amide bonds. The molecular formula is C14H26N2O3S. The van der Waals surface area contributed by atoms with Crippen LogP contribution in [0.4, 0.5) is 0 Å². The second-order valence-electron chi connectivity index (χ2n) is 5.14. The highest BCUT2D eigenvalue weighted by Crippen LogP contribution is 2.11. The average Bonchev–Trinajstić information content (AvgIpc) is 2.87. The molecule has 0 spiro atoms. The third-order valence-electron chi connectivity index (χ3n) is 3.04. The van der Waals surface area contributed by atoms with Crippen LogP contribution in [0, 0.1) is 0 Å². The van der Waals surface area contributed by atoms with Gasteiger partial charge in [0.15, 0.2) is 0 Å². The summed E-state index contributed by atoms with van der Waals surface area (Å²) in [5.74, 6) is 0.873. The first-order chi connectivity index (χ1) is 9.45. The summed E-state index contributed by atoms with van der Waals surface area (Å²) in [6, 6.07) is 4.01. The fourth-order valence-corrected chi connectivity index (χ4v) is 3.46. The predicted molar refractivity (Wildman–Crippen MR) is 81.0 cm³/mol. The molecule has 6 heteroatoms. The summed E-state index contributed by atoms with van der Waals surface area (Å²) < 4.78 is 31.2. The molecule has 1 aromatic heterocycles. The van der Waals surface area contributed by atoms with Gasteiger partial charge in [0.05, 0.1) is 18.6 Å². The molecule has 0 radical (unpaired) electrons. The SMILES string of the molecule is CCN(Cc1ccco1)S(=O)(=O)CCCCNC(C)C. The van der Waals surface area contributed by atoms with Crippen molar-refractivity contribution in [3.63, 3.8) is 0 Å². The van der Waals surface area contributed by atoms with Gasteiger partial charge in [-0.15, -0.1) is 0 Å². The van der Waals surface area contributed by atoms with Crippen molar-refractivity contribution in [2.75, 3.05) is 18.8 Å². The Kier molecular flexibility index (Phi) is 7.26. The fraction of sp³-hybridized carbons (Fsp3) is 0.714. The number of sulfonamides is 1. The number of hydrogen-bond acceptors (Lipinski definition) is 4. The second kappa shape index (κ2) is 8.44. The molecule has 116 valence electrons. The van der Waals surface area contributed by atoms with E-state index in [1.54, 1.807) is 18.4 Å². The highest BCUT2D eigenvalue weighted by Gasteiger charge is 2.21. The average molecular weight is 302 g/mol. The van der Waals surface area contributed by atoms with E-state index in [2.05, 4.69) is 19.2 Å². The standard InChI is InChI=1S/C14H26N2O3S/c1-4-16(12-14-8-7-10-19-14)20(17,18)11-6-5-9-15-13(2)3/h7-8,10,13,15H,4-6,9,11-12H2,1-3H3. The third kappa shape index (κ3) is 6.07. The second-order valence-corrected chi connectivity index (χ2v) is 7.23. The summed E-state index contributed by atoms with van der Waals surface area (Å²) >= 11 is 0. The Morgan fingerprint density at radius 3 is 2.65 bits per heavy atom. The van der Waals surface area contributed by atoms with Gasteiger partial charge in [0, 0.05) is 12.6 Å². The lowest BCUT2D eigenvalue weighted by Gasteiger charge is -2.19. The maximum absolute atomic E-state index is 12.2. The summed E-state index contributed by atoms with van der Waals surface area (Å²) in [6.07, 6.45) is 3.11. The number of unbranched alkanes of at least 4 members (excludes halogenated alkanes) is 1. The van der Waals surface area contributed by atoms with Gasteiger partial charge in [-0.05, 0) is 31.5 Å². The zero-order chi connectivity index (χ0) is 15.0. The molecule has 1 heterocycles. The van der Waals surface area contributed by atoms with Crippen molar-refractivity contribution in [3.8, 4) is 0 Å². The van der Waals surface area contributed by atoms with E-state index in [0.717, 1.165) is 13.0 Å². The van der Waals surface area contributed by atoms with Gasteiger partial charge >= 0.3 is 0 Å². The quantitative estimate of drug-likeness (QED) is 0.673. The zero-order valence-electron chi connectivity index (χ0n) is 12.6. The van der Waals surface area contributed by atoms with Crippen molar-refractivity contribution in [2.24, 2.45) is 0 Å². The van der Waals surface area contributed by atoms with E-state index in [1.807, 2.05) is 6.92 Å². The zero-order valence-corrected chi connectivity index (χ0v) is 13.4. The lowest BCUT2D eigenvalue weighted by Crippen LogP contribution is -2.32. The summed E-state index contributed by atoms with van der Waals surface area (Å²) in [4.78, 5) is 0. The highest BCUT2D eigenvalue weighted by atomic mass is 32.2. The van der Waals surface area contributed by atoms with Gasteiger partial charge in [0.2, 0.25) is 10.0 Å². The van der Waals surface area contributed by atoms with Crippen molar-refractivity contribution < 1.29 is 12.8 Å². The Morgan fingerprint density at radius 2 is 2.10 bits per heavy atom. The Morgan fingerprint density at radius 1 is 1.35 bits per heavy atom. The summed E-state index contributed by atoms with van der Waals surface area (Å²) in [6.45, 7) is 7.65. The molecule has 0 aliphatic rings. The normalized spacial score (nSPS) is 12.4. The fourth-order valence-electron chi connectivity index (χ4n) is 1.91. The van der Waals surface area contributed by atoms with E-state index in [1.165, 1.54) is 4.31 Å². The van der Waals surface area contributed by atoms with Crippen LogP contribution in [-0.2, 0) is 16.6 Å². The molecule has 0 saturated carbocycles. The van der Waals surface area contributed by atoms with E-state index in [0.29, 0.717) is 31.3 Å². The van der Waals surface area contributed by atoms with Crippen molar-refractivity contribution in [3.05, 3.63) is 24.2 Å². The maximum Gasteiger partial charge on any atom is 0.214 e. The number of rotatable bonds is 10. The summed E-state index contributed by atoms with van der Waals surface area (Å²) in [5, 5.41) is 3.29. The smallest absolute Gasteiger partial charge is 0.214 e. The van der Waals surface area contributed by atoms with Gasteiger partial charge in [-0.1, -0.05) is 20.8 Å². The molecule has 0 bridgehead atoms. The van der Waals surface area contributed by atoms with Gasteiger partial charge in [-0.2, -0.15) is 4.31 Å². The molecule has 0 saturated heterocycles. The number of nitrogens with one attached hydrogen (secondary N) is 1. The number of hydrogen-bond donors (Lipinski definition) is 1. The Balaban J connectivity index is 2.40. The van der Waals surface area contributed by atoms with Crippen LogP contribution >= 0.6 is 0 Å². The van der Waals surface area contributed by atoms with Crippen LogP contribution in [0.25, 0.3) is 0 Å². The summed E-state index contributed by atoms with van der Waals surface area (Å²) in [5.41, 5.74) is 0.